The maximum Gasteiger partial charge on any atom is 0.327 e. The van der Waals surface area contributed by atoms with Crippen molar-refractivity contribution in [2.45, 2.75) is 6.04 Å². The molecule has 1 fully saturated rings. The van der Waals surface area contributed by atoms with Crippen LogP contribution in [0, 0.1) is 0 Å². The van der Waals surface area contributed by atoms with Crippen molar-refractivity contribution in [2.75, 3.05) is 11.6 Å². The second-order valence-electron chi connectivity index (χ2n) is 5.33. The summed E-state index contributed by atoms with van der Waals surface area (Å²) in [5.74, 6) is -0.521. The quantitative estimate of drug-likeness (QED) is 0.862. The first-order chi connectivity index (χ1) is 11.5. The van der Waals surface area contributed by atoms with Crippen molar-refractivity contribution in [3.05, 3.63) is 58.1 Å². The van der Waals surface area contributed by atoms with Gasteiger partial charge in [-0.2, -0.15) is 0 Å². The van der Waals surface area contributed by atoms with Crippen LogP contribution < -0.4 is 0 Å². The Labute approximate surface area is 153 Å². The van der Waals surface area contributed by atoms with Crippen LogP contribution in [0.25, 0.3) is 11.1 Å². The molecule has 1 heterocycles. The number of carbonyl (C=O) groups excluding carboxylic acids is 1. The predicted octanol–water partition coefficient (Wildman–Crippen LogP) is 4.26. The Bertz CT molecular complexity index is 795. The highest BCUT2D eigenvalue weighted by molar-refractivity contribution is 7.99. The van der Waals surface area contributed by atoms with Crippen LogP contribution in [0.3, 0.4) is 0 Å². The zero-order chi connectivity index (χ0) is 17.3. The third-order valence-corrected chi connectivity index (χ3v) is 5.39. The number of nitrogens with zero attached hydrogens (tertiary/aromatic N) is 1. The van der Waals surface area contributed by atoms with Crippen molar-refractivity contribution in [1.29, 1.82) is 0 Å². The van der Waals surface area contributed by atoms with Gasteiger partial charge in [0.2, 0.25) is 0 Å². The summed E-state index contributed by atoms with van der Waals surface area (Å²) in [6.07, 6.45) is 0. The lowest BCUT2D eigenvalue weighted by molar-refractivity contribution is -0.140. The molecule has 1 unspecified atom stereocenters. The van der Waals surface area contributed by atoms with Gasteiger partial charge in [-0.3, -0.25) is 4.79 Å². The van der Waals surface area contributed by atoms with Gasteiger partial charge in [-0.25, -0.2) is 4.79 Å². The van der Waals surface area contributed by atoms with Gasteiger partial charge in [0.05, 0.1) is 5.88 Å². The van der Waals surface area contributed by atoms with Crippen LogP contribution in [-0.4, -0.2) is 39.6 Å². The highest BCUT2D eigenvalue weighted by Gasteiger charge is 2.35. The lowest BCUT2D eigenvalue weighted by Crippen LogP contribution is -2.41. The third kappa shape index (κ3) is 3.38. The molecular formula is C17H13Cl2NO3S. The first kappa shape index (κ1) is 17.1. The highest BCUT2D eigenvalue weighted by atomic mass is 35.5. The summed E-state index contributed by atoms with van der Waals surface area (Å²) in [5, 5.41) is 10.4. The summed E-state index contributed by atoms with van der Waals surface area (Å²) >= 11 is 13.6. The number of hydrogen-bond acceptors (Lipinski definition) is 3. The van der Waals surface area contributed by atoms with E-state index in [2.05, 4.69) is 0 Å². The number of carboxylic acids is 1. The standard InChI is InChI=1S/C17H13Cl2NO3S/c18-12-4-1-10(2-5-12)13-7-11(3-6-14(13)19)16(21)20-9-24-8-15(20)17(22)23/h1-7,15H,8-9H2,(H,22,23). The van der Waals surface area contributed by atoms with Crippen molar-refractivity contribution in [3.8, 4) is 11.1 Å². The van der Waals surface area contributed by atoms with Gasteiger partial charge in [0.1, 0.15) is 6.04 Å². The number of carbonyl (C=O) groups is 2. The maximum atomic E-state index is 12.7. The van der Waals surface area contributed by atoms with E-state index in [0.29, 0.717) is 32.8 Å². The largest absolute Gasteiger partial charge is 0.480 e. The minimum atomic E-state index is -0.986. The normalized spacial score (nSPS) is 17.1. The van der Waals surface area contributed by atoms with Crippen molar-refractivity contribution in [3.63, 3.8) is 0 Å². The van der Waals surface area contributed by atoms with Gasteiger partial charge in [-0.05, 0) is 35.9 Å². The van der Waals surface area contributed by atoms with E-state index in [9.17, 15) is 14.7 Å². The van der Waals surface area contributed by atoms with Gasteiger partial charge in [-0.1, -0.05) is 35.3 Å². The number of rotatable bonds is 3. The fourth-order valence-corrected chi connectivity index (χ4v) is 4.02. The zero-order valence-electron chi connectivity index (χ0n) is 12.4. The Balaban J connectivity index is 1.95. The SMILES string of the molecule is O=C(O)C1CSCN1C(=O)c1ccc(Cl)c(-c2ccc(Cl)cc2)c1. The molecule has 4 nitrogen and oxygen atoms in total. The van der Waals surface area contributed by atoms with Crippen molar-refractivity contribution < 1.29 is 14.7 Å². The van der Waals surface area contributed by atoms with Gasteiger partial charge >= 0.3 is 5.97 Å². The number of benzene rings is 2. The third-order valence-electron chi connectivity index (χ3n) is 3.80. The van der Waals surface area contributed by atoms with Gasteiger partial charge in [0, 0.05) is 26.9 Å². The zero-order valence-corrected chi connectivity index (χ0v) is 14.7. The molecule has 2 aromatic carbocycles. The van der Waals surface area contributed by atoms with Crippen LogP contribution in [-0.2, 0) is 4.79 Å². The molecule has 1 aliphatic heterocycles. The average Bonchev–Trinajstić information content (AvgIpc) is 3.05. The van der Waals surface area contributed by atoms with E-state index in [1.807, 2.05) is 12.1 Å². The molecule has 1 atom stereocenters. The van der Waals surface area contributed by atoms with E-state index in [4.69, 9.17) is 23.2 Å². The van der Waals surface area contributed by atoms with Crippen molar-refractivity contribution in [1.82, 2.24) is 4.90 Å². The number of aliphatic carboxylic acids is 1. The average molecular weight is 382 g/mol. The molecule has 0 spiro atoms. The Morgan fingerprint density at radius 1 is 1.12 bits per heavy atom. The van der Waals surface area contributed by atoms with Crippen LogP contribution in [0.15, 0.2) is 42.5 Å². The minimum Gasteiger partial charge on any atom is -0.480 e. The molecule has 0 aliphatic carbocycles. The molecule has 7 heteroatoms. The summed E-state index contributed by atoms with van der Waals surface area (Å²) in [7, 11) is 0. The molecule has 2 aromatic rings. The van der Waals surface area contributed by atoms with E-state index in [-0.39, 0.29) is 5.91 Å². The molecule has 1 amide bonds. The van der Waals surface area contributed by atoms with E-state index in [0.717, 1.165) is 5.56 Å². The lowest BCUT2D eigenvalue weighted by Gasteiger charge is -2.21. The van der Waals surface area contributed by atoms with Gasteiger partial charge < -0.3 is 10.0 Å². The minimum absolute atomic E-state index is 0.306. The molecule has 0 saturated carbocycles. The Hall–Kier alpha value is -1.69. The highest BCUT2D eigenvalue weighted by Crippen LogP contribution is 2.31. The Morgan fingerprint density at radius 2 is 1.83 bits per heavy atom. The monoisotopic (exact) mass is 381 g/mol. The first-order valence-corrected chi connectivity index (χ1v) is 9.05. The molecule has 0 bridgehead atoms. The van der Waals surface area contributed by atoms with Gasteiger partial charge in [0.25, 0.3) is 5.91 Å². The Morgan fingerprint density at radius 3 is 2.50 bits per heavy atom. The topological polar surface area (TPSA) is 57.6 Å². The van der Waals surface area contributed by atoms with E-state index in [1.54, 1.807) is 30.3 Å². The molecule has 3 rings (SSSR count). The van der Waals surface area contributed by atoms with E-state index in [1.165, 1.54) is 16.7 Å². The smallest absolute Gasteiger partial charge is 0.327 e. The second-order valence-corrected chi connectivity index (χ2v) is 7.17. The molecule has 1 saturated heterocycles. The van der Waals surface area contributed by atoms with Crippen molar-refractivity contribution in [2.24, 2.45) is 0 Å². The van der Waals surface area contributed by atoms with Gasteiger partial charge in [0.15, 0.2) is 0 Å². The molecule has 0 aromatic heterocycles. The molecule has 1 N–H and O–H groups in total. The molecule has 0 radical (unpaired) electrons. The summed E-state index contributed by atoms with van der Waals surface area (Å²) < 4.78 is 0. The molecule has 1 aliphatic rings. The van der Waals surface area contributed by atoms with Crippen LogP contribution in [0.4, 0.5) is 0 Å². The van der Waals surface area contributed by atoms with Crippen LogP contribution in [0.5, 0.6) is 0 Å². The van der Waals surface area contributed by atoms with E-state index >= 15 is 0 Å². The second kappa shape index (κ2) is 7.05. The van der Waals surface area contributed by atoms with E-state index < -0.39 is 12.0 Å². The van der Waals surface area contributed by atoms with Gasteiger partial charge in [-0.15, -0.1) is 11.8 Å². The summed E-state index contributed by atoms with van der Waals surface area (Å²) in [4.78, 5) is 25.4. The summed E-state index contributed by atoms with van der Waals surface area (Å²) in [6, 6.07) is 11.3. The van der Waals surface area contributed by atoms with Crippen LogP contribution in [0.1, 0.15) is 10.4 Å². The first-order valence-electron chi connectivity index (χ1n) is 7.14. The summed E-state index contributed by atoms with van der Waals surface area (Å²) in [5.41, 5.74) is 1.96. The molecule has 24 heavy (non-hydrogen) atoms. The maximum absolute atomic E-state index is 12.7. The molecule has 124 valence electrons. The fraction of sp³-hybridized carbons (Fsp3) is 0.176. The number of amides is 1. The van der Waals surface area contributed by atoms with Crippen LogP contribution >= 0.6 is 35.0 Å². The van der Waals surface area contributed by atoms with Crippen LogP contribution in [0.2, 0.25) is 10.0 Å². The number of hydrogen-bond donors (Lipinski definition) is 1. The summed E-state index contributed by atoms with van der Waals surface area (Å²) in [6.45, 7) is 0. The predicted molar refractivity (Wildman–Crippen MR) is 96.8 cm³/mol. The lowest BCUT2D eigenvalue weighted by atomic mass is 10.0. The number of thioether (sulfide) groups is 1. The molecular weight excluding hydrogens is 369 g/mol. The number of carboxylic acid groups (broad SMARTS) is 1. The fourth-order valence-electron chi connectivity index (χ4n) is 2.52. The van der Waals surface area contributed by atoms with Crippen molar-refractivity contribution >= 4 is 46.8 Å². The number of halogens is 2. The Kier molecular flexibility index (Phi) is 5.04.